The van der Waals surface area contributed by atoms with Crippen LogP contribution in [0.2, 0.25) is 0 Å². The Balaban J connectivity index is 0. The maximum atomic E-state index is 3.72. The highest BCUT2D eigenvalue weighted by Crippen LogP contribution is 2.03. The third-order valence-corrected chi connectivity index (χ3v) is 1.67. The van der Waals surface area contributed by atoms with Crippen LogP contribution in [-0.2, 0) is 0 Å². The highest BCUT2D eigenvalue weighted by molar-refractivity contribution is 4.77. The fraction of sp³-hybridized carbons (Fsp3) is 0.778. The van der Waals surface area contributed by atoms with Crippen LogP contribution in [0.15, 0.2) is 12.7 Å². The van der Waals surface area contributed by atoms with Crippen molar-refractivity contribution >= 4 is 0 Å². The largest absolute Gasteiger partial charge is 0.412 e. The van der Waals surface area contributed by atoms with Crippen LogP contribution in [0.3, 0.4) is 0 Å². The second-order valence-electron chi connectivity index (χ2n) is 3.17. The van der Waals surface area contributed by atoms with Gasteiger partial charge in [-0.1, -0.05) is 6.08 Å². The summed E-state index contributed by atoms with van der Waals surface area (Å²) < 4.78 is 0. The van der Waals surface area contributed by atoms with Crippen molar-refractivity contribution in [1.29, 1.82) is 0 Å². The SMILES string of the molecule is C=CCN(C(C)C)C(C)C.O. The molecule has 0 saturated heterocycles. The van der Waals surface area contributed by atoms with Crippen molar-refractivity contribution in [3.63, 3.8) is 0 Å². The minimum Gasteiger partial charge on any atom is -0.412 e. The van der Waals surface area contributed by atoms with E-state index in [-0.39, 0.29) is 5.48 Å². The Morgan fingerprint density at radius 1 is 1.18 bits per heavy atom. The summed E-state index contributed by atoms with van der Waals surface area (Å²) in [6.07, 6.45) is 1.96. The lowest BCUT2D eigenvalue weighted by Gasteiger charge is -2.28. The summed E-state index contributed by atoms with van der Waals surface area (Å²) in [5.74, 6) is 0. The molecule has 11 heavy (non-hydrogen) atoms. The van der Waals surface area contributed by atoms with Gasteiger partial charge in [0.25, 0.3) is 0 Å². The molecule has 2 nitrogen and oxygen atoms in total. The van der Waals surface area contributed by atoms with Crippen molar-refractivity contribution in [2.45, 2.75) is 39.8 Å². The molecule has 2 heteroatoms. The minimum absolute atomic E-state index is 0. The van der Waals surface area contributed by atoms with Crippen molar-refractivity contribution in [1.82, 2.24) is 4.90 Å². The molecule has 0 aliphatic carbocycles. The van der Waals surface area contributed by atoms with Crippen molar-refractivity contribution in [3.05, 3.63) is 12.7 Å². The molecular formula is C9H21NO. The Morgan fingerprint density at radius 2 is 1.55 bits per heavy atom. The number of rotatable bonds is 4. The van der Waals surface area contributed by atoms with Crippen molar-refractivity contribution < 1.29 is 5.48 Å². The molecule has 0 atom stereocenters. The topological polar surface area (TPSA) is 34.7 Å². The zero-order chi connectivity index (χ0) is 8.15. The maximum Gasteiger partial charge on any atom is 0.0166 e. The summed E-state index contributed by atoms with van der Waals surface area (Å²) >= 11 is 0. The van der Waals surface area contributed by atoms with E-state index in [4.69, 9.17) is 0 Å². The van der Waals surface area contributed by atoms with Gasteiger partial charge in [0.15, 0.2) is 0 Å². The van der Waals surface area contributed by atoms with E-state index < -0.39 is 0 Å². The van der Waals surface area contributed by atoms with E-state index >= 15 is 0 Å². The summed E-state index contributed by atoms with van der Waals surface area (Å²) in [5, 5.41) is 0. The Hall–Kier alpha value is -0.340. The first-order valence-electron chi connectivity index (χ1n) is 3.96. The van der Waals surface area contributed by atoms with Gasteiger partial charge in [-0.3, -0.25) is 4.90 Å². The summed E-state index contributed by atoms with van der Waals surface area (Å²) in [7, 11) is 0. The maximum absolute atomic E-state index is 3.72. The Labute approximate surface area is 70.2 Å². The monoisotopic (exact) mass is 159 g/mol. The smallest absolute Gasteiger partial charge is 0.0166 e. The number of hydrogen-bond donors (Lipinski definition) is 0. The first-order valence-corrected chi connectivity index (χ1v) is 3.96. The molecule has 0 bridgehead atoms. The van der Waals surface area contributed by atoms with Gasteiger partial charge in [0, 0.05) is 18.6 Å². The lowest BCUT2D eigenvalue weighted by atomic mass is 10.2. The van der Waals surface area contributed by atoms with Gasteiger partial charge in [-0.25, -0.2) is 0 Å². The van der Waals surface area contributed by atoms with Gasteiger partial charge >= 0.3 is 0 Å². The van der Waals surface area contributed by atoms with Crippen LogP contribution in [0, 0.1) is 0 Å². The molecule has 0 heterocycles. The van der Waals surface area contributed by atoms with E-state index in [1.165, 1.54) is 0 Å². The summed E-state index contributed by atoms with van der Waals surface area (Å²) in [5.41, 5.74) is 0. The zero-order valence-corrected chi connectivity index (χ0v) is 8.09. The molecule has 0 aromatic heterocycles. The average Bonchev–Trinajstić information content (AvgIpc) is 1.81. The molecule has 2 N–H and O–H groups in total. The first kappa shape index (κ1) is 13.3. The molecule has 0 aromatic carbocycles. The number of hydrogen-bond acceptors (Lipinski definition) is 1. The van der Waals surface area contributed by atoms with Crippen LogP contribution in [-0.4, -0.2) is 29.0 Å². The third-order valence-electron chi connectivity index (χ3n) is 1.67. The van der Waals surface area contributed by atoms with Crippen LogP contribution in [0.4, 0.5) is 0 Å². The lowest BCUT2D eigenvalue weighted by molar-refractivity contribution is 0.196. The molecule has 0 fully saturated rings. The van der Waals surface area contributed by atoms with Gasteiger partial charge in [-0.05, 0) is 27.7 Å². The highest BCUT2D eigenvalue weighted by atomic mass is 16.0. The standard InChI is InChI=1S/C9H19N.H2O/c1-6-7-10(8(2)3)9(4)5;/h6,8-9H,1,7H2,2-5H3;1H2. The van der Waals surface area contributed by atoms with Crippen LogP contribution < -0.4 is 0 Å². The molecule has 0 radical (unpaired) electrons. The van der Waals surface area contributed by atoms with Gasteiger partial charge in [0.2, 0.25) is 0 Å². The molecule has 0 unspecified atom stereocenters. The minimum atomic E-state index is 0. The summed E-state index contributed by atoms with van der Waals surface area (Å²) in [6.45, 7) is 13.6. The number of nitrogens with zero attached hydrogens (tertiary/aromatic N) is 1. The Kier molecular flexibility index (Phi) is 7.69. The highest BCUT2D eigenvalue weighted by Gasteiger charge is 2.09. The van der Waals surface area contributed by atoms with E-state index in [0.29, 0.717) is 12.1 Å². The van der Waals surface area contributed by atoms with Gasteiger partial charge in [-0.15, -0.1) is 6.58 Å². The fourth-order valence-electron chi connectivity index (χ4n) is 1.17. The predicted molar refractivity (Wildman–Crippen MR) is 50.8 cm³/mol. The van der Waals surface area contributed by atoms with Crippen LogP contribution >= 0.6 is 0 Å². The van der Waals surface area contributed by atoms with Crippen molar-refractivity contribution in [2.75, 3.05) is 6.54 Å². The summed E-state index contributed by atoms with van der Waals surface area (Å²) in [6, 6.07) is 1.25. The summed E-state index contributed by atoms with van der Waals surface area (Å²) in [4.78, 5) is 2.40. The quantitative estimate of drug-likeness (QED) is 0.572. The van der Waals surface area contributed by atoms with E-state index in [0.717, 1.165) is 6.54 Å². The van der Waals surface area contributed by atoms with Crippen molar-refractivity contribution in [3.8, 4) is 0 Å². The third kappa shape index (κ3) is 4.99. The molecule has 68 valence electrons. The van der Waals surface area contributed by atoms with E-state index in [2.05, 4.69) is 39.2 Å². The zero-order valence-electron chi connectivity index (χ0n) is 8.09. The molecule has 0 spiro atoms. The molecule has 0 rings (SSSR count). The second-order valence-corrected chi connectivity index (χ2v) is 3.17. The first-order chi connectivity index (χ1) is 4.59. The normalized spacial score (nSPS) is 10.5. The van der Waals surface area contributed by atoms with Gasteiger partial charge in [0.1, 0.15) is 0 Å². The molecule has 0 aromatic rings. The second kappa shape index (κ2) is 6.38. The van der Waals surface area contributed by atoms with Gasteiger partial charge < -0.3 is 5.48 Å². The van der Waals surface area contributed by atoms with Crippen LogP contribution in [0.5, 0.6) is 0 Å². The Bertz CT molecular complexity index is 91.7. The van der Waals surface area contributed by atoms with E-state index in [1.807, 2.05) is 6.08 Å². The van der Waals surface area contributed by atoms with Crippen molar-refractivity contribution in [2.24, 2.45) is 0 Å². The van der Waals surface area contributed by atoms with Crippen LogP contribution in [0.1, 0.15) is 27.7 Å². The average molecular weight is 159 g/mol. The molecular weight excluding hydrogens is 138 g/mol. The van der Waals surface area contributed by atoms with E-state index in [1.54, 1.807) is 0 Å². The molecule has 0 saturated carbocycles. The van der Waals surface area contributed by atoms with Gasteiger partial charge in [0.05, 0.1) is 0 Å². The molecule has 0 aliphatic heterocycles. The van der Waals surface area contributed by atoms with Crippen LogP contribution in [0.25, 0.3) is 0 Å². The van der Waals surface area contributed by atoms with Gasteiger partial charge in [-0.2, -0.15) is 0 Å². The van der Waals surface area contributed by atoms with E-state index in [9.17, 15) is 0 Å². The molecule has 0 aliphatic rings. The Morgan fingerprint density at radius 3 is 1.64 bits per heavy atom. The predicted octanol–water partition coefficient (Wildman–Crippen LogP) is 1.47. The lowest BCUT2D eigenvalue weighted by Crippen LogP contribution is -2.36. The molecule has 0 amide bonds. The fourth-order valence-corrected chi connectivity index (χ4v) is 1.17.